The summed E-state index contributed by atoms with van der Waals surface area (Å²) in [6.45, 7) is 4.85. The lowest BCUT2D eigenvalue weighted by atomic mass is 9.92. The number of rotatable bonds is 6. The normalized spacial score (nSPS) is 20.8. The average Bonchev–Trinajstić information content (AvgIpc) is 2.74. The third-order valence-corrected chi connectivity index (χ3v) is 5.60. The highest BCUT2D eigenvalue weighted by Gasteiger charge is 2.38. The SMILES string of the molecule is OC(COc1ccc(-c2ccccc2)cc1)CN1CCOC2(CCOCC2)C1. The van der Waals surface area contributed by atoms with Crippen LogP contribution < -0.4 is 4.74 Å². The molecule has 2 saturated heterocycles. The average molecular weight is 383 g/mol. The lowest BCUT2D eigenvalue weighted by molar-refractivity contribution is -0.157. The molecule has 0 radical (unpaired) electrons. The Kier molecular flexibility index (Phi) is 6.27. The van der Waals surface area contributed by atoms with Gasteiger partial charge in [0.05, 0.1) is 12.2 Å². The smallest absolute Gasteiger partial charge is 0.119 e. The largest absolute Gasteiger partial charge is 0.491 e. The maximum atomic E-state index is 10.4. The van der Waals surface area contributed by atoms with E-state index in [2.05, 4.69) is 17.0 Å². The minimum Gasteiger partial charge on any atom is -0.491 e. The fourth-order valence-electron chi connectivity index (χ4n) is 4.04. The van der Waals surface area contributed by atoms with Gasteiger partial charge in [0.2, 0.25) is 0 Å². The first-order chi connectivity index (χ1) is 13.7. The van der Waals surface area contributed by atoms with Crippen molar-refractivity contribution in [3.8, 4) is 16.9 Å². The molecule has 5 heteroatoms. The number of aliphatic hydroxyl groups excluding tert-OH is 1. The van der Waals surface area contributed by atoms with Crippen LogP contribution in [0.25, 0.3) is 11.1 Å². The van der Waals surface area contributed by atoms with E-state index in [9.17, 15) is 5.11 Å². The Morgan fingerprint density at radius 3 is 2.43 bits per heavy atom. The summed E-state index contributed by atoms with van der Waals surface area (Å²) in [6, 6.07) is 18.3. The zero-order valence-corrected chi connectivity index (χ0v) is 16.3. The Morgan fingerprint density at radius 1 is 0.964 bits per heavy atom. The van der Waals surface area contributed by atoms with Gasteiger partial charge in [-0.15, -0.1) is 0 Å². The van der Waals surface area contributed by atoms with Gasteiger partial charge in [0.1, 0.15) is 18.5 Å². The van der Waals surface area contributed by atoms with E-state index in [0.717, 1.165) is 50.5 Å². The van der Waals surface area contributed by atoms with Gasteiger partial charge in [-0.2, -0.15) is 0 Å². The van der Waals surface area contributed by atoms with E-state index in [1.807, 2.05) is 42.5 Å². The van der Waals surface area contributed by atoms with Crippen molar-refractivity contribution in [2.75, 3.05) is 46.1 Å². The van der Waals surface area contributed by atoms with E-state index in [4.69, 9.17) is 14.2 Å². The van der Waals surface area contributed by atoms with Crippen molar-refractivity contribution >= 4 is 0 Å². The van der Waals surface area contributed by atoms with Gasteiger partial charge in [-0.1, -0.05) is 42.5 Å². The van der Waals surface area contributed by atoms with E-state index in [0.29, 0.717) is 13.2 Å². The van der Waals surface area contributed by atoms with Gasteiger partial charge in [-0.25, -0.2) is 0 Å². The highest BCUT2D eigenvalue weighted by molar-refractivity contribution is 5.63. The number of hydrogen-bond acceptors (Lipinski definition) is 5. The standard InChI is InChI=1S/C23H29NO4/c25-21(16-24-12-15-28-23(18-24)10-13-26-14-11-23)17-27-22-8-6-20(7-9-22)19-4-2-1-3-5-19/h1-9,21,25H,10-18H2. The molecule has 1 N–H and O–H groups in total. The number of aliphatic hydroxyl groups is 1. The van der Waals surface area contributed by atoms with Crippen LogP contribution in [-0.4, -0.2) is 67.8 Å². The molecule has 2 aliphatic heterocycles. The molecule has 1 unspecified atom stereocenters. The second-order valence-corrected chi connectivity index (χ2v) is 7.73. The van der Waals surface area contributed by atoms with Crippen LogP contribution in [0.15, 0.2) is 54.6 Å². The molecule has 2 aromatic carbocycles. The topological polar surface area (TPSA) is 51.2 Å². The minimum atomic E-state index is -0.524. The third kappa shape index (κ3) is 4.92. The van der Waals surface area contributed by atoms with Crippen molar-refractivity contribution in [3.63, 3.8) is 0 Å². The molecule has 2 fully saturated rings. The van der Waals surface area contributed by atoms with Gasteiger partial charge in [-0.3, -0.25) is 4.90 Å². The van der Waals surface area contributed by atoms with Crippen LogP contribution >= 0.6 is 0 Å². The minimum absolute atomic E-state index is 0.0929. The number of β-amino-alcohol motifs (C(OH)–C–C–N with tert-alkyl or cyclic N) is 1. The zero-order chi connectivity index (χ0) is 19.2. The Morgan fingerprint density at radius 2 is 1.68 bits per heavy atom. The Hall–Kier alpha value is -1.92. The molecule has 2 aliphatic rings. The molecule has 0 saturated carbocycles. The number of morpholine rings is 1. The van der Waals surface area contributed by atoms with E-state index in [1.54, 1.807) is 0 Å². The van der Waals surface area contributed by atoms with E-state index in [-0.39, 0.29) is 12.2 Å². The number of ether oxygens (including phenoxy) is 3. The summed E-state index contributed by atoms with van der Waals surface area (Å²) in [5.74, 6) is 0.779. The predicted octanol–water partition coefficient (Wildman–Crippen LogP) is 2.97. The van der Waals surface area contributed by atoms with Crippen molar-refractivity contribution in [3.05, 3.63) is 54.6 Å². The maximum Gasteiger partial charge on any atom is 0.119 e. The van der Waals surface area contributed by atoms with Crippen LogP contribution in [-0.2, 0) is 9.47 Å². The van der Waals surface area contributed by atoms with Crippen molar-refractivity contribution in [1.82, 2.24) is 4.90 Å². The van der Waals surface area contributed by atoms with Crippen LogP contribution in [0.3, 0.4) is 0 Å². The summed E-state index contributed by atoms with van der Waals surface area (Å²) in [6.07, 6.45) is 1.34. The highest BCUT2D eigenvalue weighted by Crippen LogP contribution is 2.29. The van der Waals surface area contributed by atoms with E-state index >= 15 is 0 Å². The van der Waals surface area contributed by atoms with Crippen LogP contribution in [0.4, 0.5) is 0 Å². The molecule has 28 heavy (non-hydrogen) atoms. The summed E-state index contributed by atoms with van der Waals surface area (Å²) in [4.78, 5) is 2.29. The maximum absolute atomic E-state index is 10.4. The highest BCUT2D eigenvalue weighted by atomic mass is 16.5. The fourth-order valence-corrected chi connectivity index (χ4v) is 4.04. The predicted molar refractivity (Wildman–Crippen MR) is 109 cm³/mol. The first kappa shape index (κ1) is 19.4. The summed E-state index contributed by atoms with van der Waals surface area (Å²) in [7, 11) is 0. The Balaban J connectivity index is 1.25. The second kappa shape index (κ2) is 9.05. The van der Waals surface area contributed by atoms with Crippen molar-refractivity contribution in [2.45, 2.75) is 24.5 Å². The van der Waals surface area contributed by atoms with Crippen LogP contribution in [0, 0.1) is 0 Å². The van der Waals surface area contributed by atoms with Crippen molar-refractivity contribution in [2.24, 2.45) is 0 Å². The molecule has 2 aromatic rings. The van der Waals surface area contributed by atoms with Gasteiger partial charge >= 0.3 is 0 Å². The lowest BCUT2D eigenvalue weighted by Gasteiger charge is -2.45. The molecule has 4 rings (SSSR count). The first-order valence-electron chi connectivity index (χ1n) is 10.1. The first-order valence-corrected chi connectivity index (χ1v) is 10.1. The van der Waals surface area contributed by atoms with E-state index < -0.39 is 6.10 Å². The van der Waals surface area contributed by atoms with Crippen molar-refractivity contribution in [1.29, 1.82) is 0 Å². The van der Waals surface area contributed by atoms with Gasteiger partial charge < -0.3 is 19.3 Å². The molecule has 0 bridgehead atoms. The molecule has 1 spiro atoms. The molecule has 150 valence electrons. The number of benzene rings is 2. The van der Waals surface area contributed by atoms with Gasteiger partial charge in [0, 0.05) is 45.7 Å². The number of nitrogens with zero attached hydrogens (tertiary/aromatic N) is 1. The van der Waals surface area contributed by atoms with Gasteiger partial charge in [0.15, 0.2) is 0 Å². The fraction of sp³-hybridized carbons (Fsp3) is 0.478. The monoisotopic (exact) mass is 383 g/mol. The Bertz CT molecular complexity index is 723. The molecule has 5 nitrogen and oxygen atoms in total. The second-order valence-electron chi connectivity index (χ2n) is 7.73. The molecule has 0 aromatic heterocycles. The Labute approximate surface area is 166 Å². The summed E-state index contributed by atoms with van der Waals surface area (Å²) in [5, 5.41) is 10.4. The van der Waals surface area contributed by atoms with Crippen LogP contribution in [0.2, 0.25) is 0 Å². The lowest BCUT2D eigenvalue weighted by Crippen LogP contribution is -2.55. The summed E-state index contributed by atoms with van der Waals surface area (Å²) < 4.78 is 17.3. The number of hydrogen-bond donors (Lipinski definition) is 1. The van der Waals surface area contributed by atoms with Crippen LogP contribution in [0.5, 0.6) is 5.75 Å². The molecule has 1 atom stereocenters. The molecule has 2 heterocycles. The third-order valence-electron chi connectivity index (χ3n) is 5.60. The molecular formula is C23H29NO4. The summed E-state index contributed by atoms with van der Waals surface area (Å²) in [5.41, 5.74) is 2.25. The van der Waals surface area contributed by atoms with Crippen LogP contribution in [0.1, 0.15) is 12.8 Å². The van der Waals surface area contributed by atoms with E-state index in [1.165, 1.54) is 5.56 Å². The molecule has 0 aliphatic carbocycles. The van der Waals surface area contributed by atoms with Gasteiger partial charge in [0.25, 0.3) is 0 Å². The quantitative estimate of drug-likeness (QED) is 0.831. The zero-order valence-electron chi connectivity index (χ0n) is 16.3. The molecule has 0 amide bonds. The summed E-state index contributed by atoms with van der Waals surface area (Å²) >= 11 is 0. The van der Waals surface area contributed by atoms with Gasteiger partial charge in [-0.05, 0) is 23.3 Å². The molecular weight excluding hydrogens is 354 g/mol. The van der Waals surface area contributed by atoms with Crippen molar-refractivity contribution < 1.29 is 19.3 Å².